The van der Waals surface area contributed by atoms with Gasteiger partial charge in [-0.15, -0.1) is 0 Å². The van der Waals surface area contributed by atoms with E-state index < -0.39 is 0 Å². The SMILES string of the molecule is CCN(c1c(C)c(C#N)cc2cc(-c3ccnn3C)cn12)C1CCOCC1. The van der Waals surface area contributed by atoms with E-state index in [9.17, 15) is 5.26 Å². The van der Waals surface area contributed by atoms with Crippen LogP contribution in [-0.2, 0) is 11.8 Å². The first-order valence-corrected chi connectivity index (χ1v) is 9.52. The summed E-state index contributed by atoms with van der Waals surface area (Å²) in [5.74, 6) is 1.12. The second kappa shape index (κ2) is 7.09. The Morgan fingerprint density at radius 3 is 2.74 bits per heavy atom. The molecule has 4 heterocycles. The number of anilines is 1. The van der Waals surface area contributed by atoms with Gasteiger partial charge in [0, 0.05) is 61.9 Å². The monoisotopic (exact) mass is 363 g/mol. The molecule has 27 heavy (non-hydrogen) atoms. The number of aryl methyl sites for hydroxylation is 1. The molecule has 6 heteroatoms. The van der Waals surface area contributed by atoms with Crippen molar-refractivity contribution in [2.75, 3.05) is 24.7 Å². The summed E-state index contributed by atoms with van der Waals surface area (Å²) in [6.07, 6.45) is 6.01. The molecule has 6 nitrogen and oxygen atoms in total. The maximum Gasteiger partial charge on any atom is 0.117 e. The number of hydrogen-bond donors (Lipinski definition) is 0. The van der Waals surface area contributed by atoms with Crippen molar-refractivity contribution in [1.29, 1.82) is 5.26 Å². The number of aromatic nitrogens is 3. The molecule has 0 N–H and O–H groups in total. The minimum atomic E-state index is 0.433. The summed E-state index contributed by atoms with van der Waals surface area (Å²) < 4.78 is 9.67. The third-order valence-electron chi connectivity index (χ3n) is 5.59. The van der Waals surface area contributed by atoms with Crippen LogP contribution in [-0.4, -0.2) is 40.0 Å². The molecule has 0 atom stereocenters. The van der Waals surface area contributed by atoms with Gasteiger partial charge in [0.15, 0.2) is 0 Å². The van der Waals surface area contributed by atoms with Crippen LogP contribution >= 0.6 is 0 Å². The lowest BCUT2D eigenvalue weighted by atomic mass is 10.0. The molecular weight excluding hydrogens is 338 g/mol. The molecule has 3 aromatic rings. The van der Waals surface area contributed by atoms with Crippen LogP contribution in [0.5, 0.6) is 0 Å². The first-order chi connectivity index (χ1) is 13.1. The number of nitriles is 1. The Hall–Kier alpha value is -2.78. The lowest BCUT2D eigenvalue weighted by Crippen LogP contribution is -2.40. The Labute approximate surface area is 159 Å². The van der Waals surface area contributed by atoms with E-state index in [-0.39, 0.29) is 0 Å². The van der Waals surface area contributed by atoms with E-state index in [1.165, 1.54) is 0 Å². The molecule has 1 saturated heterocycles. The van der Waals surface area contributed by atoms with E-state index in [1.54, 1.807) is 0 Å². The second-order valence-electron chi connectivity index (χ2n) is 7.11. The summed E-state index contributed by atoms with van der Waals surface area (Å²) in [5, 5.41) is 14.0. The standard InChI is InChI=1S/C21H25N5O/c1-4-25(18-6-9-27-10-7-18)21-15(2)16(13-22)11-19-12-17(14-26(19)21)20-5-8-23-24(20)3/h5,8,11-12,14,18H,4,6-7,9-10H2,1-3H3. The van der Waals surface area contributed by atoms with Crippen LogP contribution < -0.4 is 4.90 Å². The summed E-state index contributed by atoms with van der Waals surface area (Å²) in [7, 11) is 1.95. The van der Waals surface area contributed by atoms with Crippen LogP contribution in [0, 0.1) is 18.3 Å². The Morgan fingerprint density at radius 1 is 1.33 bits per heavy atom. The van der Waals surface area contributed by atoms with Gasteiger partial charge < -0.3 is 14.0 Å². The van der Waals surface area contributed by atoms with Crippen LogP contribution in [0.2, 0.25) is 0 Å². The number of pyridine rings is 1. The zero-order valence-corrected chi connectivity index (χ0v) is 16.1. The lowest BCUT2D eigenvalue weighted by Gasteiger charge is -2.36. The van der Waals surface area contributed by atoms with E-state index in [4.69, 9.17) is 4.74 Å². The molecule has 1 aliphatic heterocycles. The van der Waals surface area contributed by atoms with Gasteiger partial charge in [-0.25, -0.2) is 0 Å². The highest BCUT2D eigenvalue weighted by molar-refractivity contribution is 5.74. The molecule has 140 valence electrons. The number of nitrogens with zero attached hydrogens (tertiary/aromatic N) is 5. The predicted octanol–water partition coefficient (Wildman–Crippen LogP) is 3.53. The molecule has 0 aromatic carbocycles. The fourth-order valence-corrected chi connectivity index (χ4v) is 4.18. The first-order valence-electron chi connectivity index (χ1n) is 9.52. The quantitative estimate of drug-likeness (QED) is 0.712. The van der Waals surface area contributed by atoms with Crippen molar-refractivity contribution < 1.29 is 4.74 Å². The molecule has 0 unspecified atom stereocenters. The molecule has 0 bridgehead atoms. The van der Waals surface area contributed by atoms with Crippen molar-refractivity contribution in [2.24, 2.45) is 7.05 Å². The molecule has 1 aliphatic rings. The Bertz CT molecular complexity index is 1000. The maximum absolute atomic E-state index is 9.69. The van der Waals surface area contributed by atoms with Gasteiger partial charge in [0.2, 0.25) is 0 Å². The summed E-state index contributed by atoms with van der Waals surface area (Å²) >= 11 is 0. The topological polar surface area (TPSA) is 58.5 Å². The molecule has 0 amide bonds. The smallest absolute Gasteiger partial charge is 0.117 e. The van der Waals surface area contributed by atoms with Crippen molar-refractivity contribution in [2.45, 2.75) is 32.7 Å². The van der Waals surface area contributed by atoms with E-state index in [1.807, 2.05) is 30.1 Å². The number of hydrogen-bond acceptors (Lipinski definition) is 4. The van der Waals surface area contributed by atoms with Crippen LogP contribution in [0.15, 0.2) is 30.6 Å². The highest BCUT2D eigenvalue weighted by Gasteiger charge is 2.25. The van der Waals surface area contributed by atoms with Crippen molar-refractivity contribution in [3.8, 4) is 17.3 Å². The third kappa shape index (κ3) is 2.98. The third-order valence-corrected chi connectivity index (χ3v) is 5.59. The fraction of sp³-hybridized carbons (Fsp3) is 0.429. The van der Waals surface area contributed by atoms with E-state index in [0.29, 0.717) is 6.04 Å². The molecule has 3 aromatic heterocycles. The molecule has 0 saturated carbocycles. The first kappa shape index (κ1) is 17.6. The normalized spacial score (nSPS) is 15.2. The predicted molar refractivity (Wildman–Crippen MR) is 106 cm³/mol. The van der Waals surface area contributed by atoms with Gasteiger partial charge in [-0.1, -0.05) is 0 Å². The Balaban J connectivity index is 1.91. The van der Waals surface area contributed by atoms with E-state index in [0.717, 1.165) is 66.3 Å². The van der Waals surface area contributed by atoms with Crippen LogP contribution in [0.1, 0.15) is 30.9 Å². The van der Waals surface area contributed by atoms with Gasteiger partial charge in [0.05, 0.1) is 17.3 Å². The molecule has 0 spiro atoms. The maximum atomic E-state index is 9.69. The summed E-state index contributed by atoms with van der Waals surface area (Å²) in [6.45, 7) is 6.74. The summed E-state index contributed by atoms with van der Waals surface area (Å²) in [6, 6.07) is 8.95. The zero-order chi connectivity index (χ0) is 19.0. The summed E-state index contributed by atoms with van der Waals surface area (Å²) in [4.78, 5) is 2.44. The van der Waals surface area contributed by atoms with Crippen LogP contribution in [0.25, 0.3) is 16.8 Å². The highest BCUT2D eigenvalue weighted by atomic mass is 16.5. The fourth-order valence-electron chi connectivity index (χ4n) is 4.18. The van der Waals surface area contributed by atoms with Gasteiger partial charge in [-0.3, -0.25) is 4.68 Å². The Morgan fingerprint density at radius 2 is 2.11 bits per heavy atom. The van der Waals surface area contributed by atoms with Gasteiger partial charge in [0.25, 0.3) is 0 Å². The molecule has 1 fully saturated rings. The summed E-state index contributed by atoms with van der Waals surface area (Å²) in [5.41, 5.74) is 4.97. The number of rotatable bonds is 4. The Kier molecular flexibility index (Phi) is 4.63. The minimum Gasteiger partial charge on any atom is -0.381 e. The number of ether oxygens (including phenoxy) is 1. The van der Waals surface area contributed by atoms with Crippen molar-refractivity contribution in [3.05, 3.63) is 41.7 Å². The second-order valence-corrected chi connectivity index (χ2v) is 7.11. The molecule has 4 rings (SSSR count). The van der Waals surface area contributed by atoms with Crippen molar-refractivity contribution >= 4 is 11.3 Å². The minimum absolute atomic E-state index is 0.433. The molecule has 0 radical (unpaired) electrons. The van der Waals surface area contributed by atoms with Crippen LogP contribution in [0.3, 0.4) is 0 Å². The number of fused-ring (bicyclic) bond motifs is 1. The highest BCUT2D eigenvalue weighted by Crippen LogP contribution is 2.33. The zero-order valence-electron chi connectivity index (χ0n) is 16.1. The van der Waals surface area contributed by atoms with E-state index in [2.05, 4.69) is 46.6 Å². The lowest BCUT2D eigenvalue weighted by molar-refractivity contribution is 0.0844. The van der Waals surface area contributed by atoms with Crippen molar-refractivity contribution in [1.82, 2.24) is 14.2 Å². The van der Waals surface area contributed by atoms with Gasteiger partial charge in [0.1, 0.15) is 5.82 Å². The van der Waals surface area contributed by atoms with Gasteiger partial charge in [-0.2, -0.15) is 10.4 Å². The average Bonchev–Trinajstić information content (AvgIpc) is 3.30. The van der Waals surface area contributed by atoms with Gasteiger partial charge in [-0.05, 0) is 44.9 Å². The van der Waals surface area contributed by atoms with Crippen LogP contribution in [0.4, 0.5) is 5.82 Å². The van der Waals surface area contributed by atoms with E-state index >= 15 is 0 Å². The average molecular weight is 363 g/mol. The van der Waals surface area contributed by atoms with Crippen molar-refractivity contribution in [3.63, 3.8) is 0 Å². The molecule has 0 aliphatic carbocycles. The van der Waals surface area contributed by atoms with Gasteiger partial charge >= 0.3 is 0 Å². The largest absolute Gasteiger partial charge is 0.381 e. The molecular formula is C21H25N5O.